The van der Waals surface area contributed by atoms with Gasteiger partial charge in [-0.05, 0) is 35.9 Å². The van der Waals surface area contributed by atoms with Crippen LogP contribution in [0.3, 0.4) is 0 Å². The van der Waals surface area contributed by atoms with Crippen LogP contribution in [0.25, 0.3) is 11.3 Å². The zero-order valence-corrected chi connectivity index (χ0v) is 11.7. The lowest BCUT2D eigenvalue weighted by atomic mass is 10.1. The molecule has 0 fully saturated rings. The molecular formula is C17H15N3O. The van der Waals surface area contributed by atoms with Crippen LogP contribution in [0, 0.1) is 0 Å². The Balaban J connectivity index is 1.83. The normalized spacial score (nSPS) is 10.3. The highest BCUT2D eigenvalue weighted by Gasteiger charge is 2.03. The first-order chi connectivity index (χ1) is 10.3. The topological polar surface area (TPSA) is 47.9 Å². The molecule has 0 unspecified atom stereocenters. The van der Waals surface area contributed by atoms with E-state index >= 15 is 0 Å². The van der Waals surface area contributed by atoms with Gasteiger partial charge in [0, 0.05) is 30.6 Å². The van der Waals surface area contributed by atoms with Crippen LogP contribution >= 0.6 is 0 Å². The van der Waals surface area contributed by atoms with E-state index in [4.69, 9.17) is 4.74 Å². The van der Waals surface area contributed by atoms with Gasteiger partial charge in [0.25, 0.3) is 0 Å². The molecule has 2 aromatic heterocycles. The maximum atomic E-state index is 5.16. The molecule has 0 saturated heterocycles. The van der Waals surface area contributed by atoms with Crippen LogP contribution in [0.15, 0.2) is 61.1 Å². The highest BCUT2D eigenvalue weighted by molar-refractivity contribution is 5.57. The molecule has 4 nitrogen and oxygen atoms in total. The Morgan fingerprint density at radius 3 is 2.38 bits per heavy atom. The van der Waals surface area contributed by atoms with E-state index in [9.17, 15) is 0 Å². The van der Waals surface area contributed by atoms with E-state index < -0.39 is 0 Å². The molecule has 104 valence electrons. The van der Waals surface area contributed by atoms with E-state index in [2.05, 4.69) is 15.0 Å². The molecule has 0 aliphatic rings. The number of methoxy groups -OCH3 is 1. The summed E-state index contributed by atoms with van der Waals surface area (Å²) in [6, 6.07) is 13.7. The van der Waals surface area contributed by atoms with Crippen molar-refractivity contribution in [2.75, 3.05) is 7.11 Å². The average Bonchev–Trinajstić information content (AvgIpc) is 2.57. The fraction of sp³-hybridized carbons (Fsp3) is 0.118. The molecule has 0 amide bonds. The summed E-state index contributed by atoms with van der Waals surface area (Å²) >= 11 is 0. The Hall–Kier alpha value is -2.75. The largest absolute Gasteiger partial charge is 0.497 e. The molecule has 3 rings (SSSR count). The monoisotopic (exact) mass is 277 g/mol. The van der Waals surface area contributed by atoms with Crippen LogP contribution in [0.5, 0.6) is 5.75 Å². The highest BCUT2D eigenvalue weighted by atomic mass is 16.5. The minimum atomic E-state index is 0.697. The molecule has 3 aromatic rings. The van der Waals surface area contributed by atoms with Gasteiger partial charge in [-0.3, -0.25) is 4.98 Å². The first-order valence-corrected chi connectivity index (χ1v) is 6.70. The predicted molar refractivity (Wildman–Crippen MR) is 81.1 cm³/mol. The second-order valence-corrected chi connectivity index (χ2v) is 4.62. The van der Waals surface area contributed by atoms with Crippen molar-refractivity contribution in [2.24, 2.45) is 0 Å². The first-order valence-electron chi connectivity index (χ1n) is 6.70. The quantitative estimate of drug-likeness (QED) is 0.735. The lowest BCUT2D eigenvalue weighted by Crippen LogP contribution is -1.98. The van der Waals surface area contributed by atoms with E-state index in [1.807, 2.05) is 42.5 Å². The Kier molecular flexibility index (Phi) is 3.87. The van der Waals surface area contributed by atoms with E-state index in [0.717, 1.165) is 28.4 Å². The highest BCUT2D eigenvalue weighted by Crippen LogP contribution is 2.17. The molecule has 0 aliphatic heterocycles. The second-order valence-electron chi connectivity index (χ2n) is 4.62. The summed E-state index contributed by atoms with van der Waals surface area (Å²) in [4.78, 5) is 13.0. The summed E-state index contributed by atoms with van der Waals surface area (Å²) in [6.45, 7) is 0. The Labute approximate surface area is 123 Å². The maximum Gasteiger partial charge on any atom is 0.133 e. The van der Waals surface area contributed by atoms with Gasteiger partial charge >= 0.3 is 0 Å². The maximum absolute atomic E-state index is 5.16. The summed E-state index contributed by atoms with van der Waals surface area (Å²) < 4.78 is 5.16. The third-order valence-corrected chi connectivity index (χ3v) is 3.20. The van der Waals surface area contributed by atoms with Crippen molar-refractivity contribution in [1.82, 2.24) is 15.0 Å². The van der Waals surface area contributed by atoms with Crippen molar-refractivity contribution < 1.29 is 4.74 Å². The molecule has 0 N–H and O–H groups in total. The Bertz CT molecular complexity index is 712. The minimum absolute atomic E-state index is 0.697. The lowest BCUT2D eigenvalue weighted by Gasteiger charge is -2.05. The summed E-state index contributed by atoms with van der Waals surface area (Å²) in [5.74, 6) is 1.65. The van der Waals surface area contributed by atoms with Gasteiger partial charge in [-0.1, -0.05) is 12.1 Å². The van der Waals surface area contributed by atoms with Crippen molar-refractivity contribution in [2.45, 2.75) is 6.42 Å². The standard InChI is InChI=1S/C17H15N3O/c1-21-15-4-2-13(3-5-15)12-17-19-11-8-16(20-17)14-6-9-18-10-7-14/h2-11H,12H2,1H3. The molecule has 4 heteroatoms. The van der Waals surface area contributed by atoms with Gasteiger partial charge in [-0.2, -0.15) is 0 Å². The number of rotatable bonds is 4. The van der Waals surface area contributed by atoms with Crippen molar-refractivity contribution in [1.29, 1.82) is 0 Å². The fourth-order valence-electron chi connectivity index (χ4n) is 2.09. The predicted octanol–water partition coefficient (Wildman–Crippen LogP) is 3.14. The number of hydrogen-bond acceptors (Lipinski definition) is 4. The molecule has 0 atom stereocenters. The molecular weight excluding hydrogens is 262 g/mol. The zero-order valence-electron chi connectivity index (χ0n) is 11.7. The smallest absolute Gasteiger partial charge is 0.133 e. The summed E-state index contributed by atoms with van der Waals surface area (Å²) in [7, 11) is 1.66. The second kappa shape index (κ2) is 6.13. The average molecular weight is 277 g/mol. The Morgan fingerprint density at radius 1 is 0.905 bits per heavy atom. The zero-order chi connectivity index (χ0) is 14.5. The molecule has 21 heavy (non-hydrogen) atoms. The number of hydrogen-bond donors (Lipinski definition) is 0. The van der Waals surface area contributed by atoms with Crippen LogP contribution in [0.1, 0.15) is 11.4 Å². The number of benzene rings is 1. The number of aromatic nitrogens is 3. The molecule has 2 heterocycles. The van der Waals surface area contributed by atoms with Crippen LogP contribution in [-0.2, 0) is 6.42 Å². The number of pyridine rings is 1. The van der Waals surface area contributed by atoms with E-state index in [-0.39, 0.29) is 0 Å². The third kappa shape index (κ3) is 3.23. The minimum Gasteiger partial charge on any atom is -0.497 e. The van der Waals surface area contributed by atoms with Gasteiger partial charge in [-0.25, -0.2) is 9.97 Å². The van der Waals surface area contributed by atoms with Gasteiger partial charge in [0.05, 0.1) is 12.8 Å². The van der Waals surface area contributed by atoms with Crippen molar-refractivity contribution in [3.05, 3.63) is 72.4 Å². The molecule has 0 bridgehead atoms. The summed E-state index contributed by atoms with van der Waals surface area (Å²) in [5, 5.41) is 0. The lowest BCUT2D eigenvalue weighted by molar-refractivity contribution is 0.414. The molecule has 1 aromatic carbocycles. The number of nitrogens with zero attached hydrogens (tertiary/aromatic N) is 3. The summed E-state index contributed by atoms with van der Waals surface area (Å²) in [6.07, 6.45) is 6.02. The summed E-state index contributed by atoms with van der Waals surface area (Å²) in [5.41, 5.74) is 3.11. The first kappa shape index (κ1) is 13.2. The van der Waals surface area contributed by atoms with Gasteiger partial charge in [0.1, 0.15) is 11.6 Å². The van der Waals surface area contributed by atoms with Crippen molar-refractivity contribution in [3.8, 4) is 17.0 Å². The van der Waals surface area contributed by atoms with Crippen molar-refractivity contribution in [3.63, 3.8) is 0 Å². The van der Waals surface area contributed by atoms with Gasteiger partial charge in [0.2, 0.25) is 0 Å². The van der Waals surface area contributed by atoms with Crippen molar-refractivity contribution >= 4 is 0 Å². The van der Waals surface area contributed by atoms with Gasteiger partial charge in [-0.15, -0.1) is 0 Å². The van der Waals surface area contributed by atoms with E-state index in [1.54, 1.807) is 25.7 Å². The fourth-order valence-corrected chi connectivity index (χ4v) is 2.09. The molecule has 0 saturated carbocycles. The van der Waals surface area contributed by atoms with E-state index in [1.165, 1.54) is 0 Å². The Morgan fingerprint density at radius 2 is 1.67 bits per heavy atom. The van der Waals surface area contributed by atoms with Gasteiger partial charge < -0.3 is 4.74 Å². The van der Waals surface area contributed by atoms with Crippen LogP contribution in [0.4, 0.5) is 0 Å². The number of ether oxygens (including phenoxy) is 1. The van der Waals surface area contributed by atoms with Crippen LogP contribution in [-0.4, -0.2) is 22.1 Å². The molecule has 0 aliphatic carbocycles. The van der Waals surface area contributed by atoms with Gasteiger partial charge in [0.15, 0.2) is 0 Å². The SMILES string of the molecule is COc1ccc(Cc2nccc(-c3ccncc3)n2)cc1. The molecule has 0 spiro atoms. The van der Waals surface area contributed by atoms with Crippen LogP contribution in [0.2, 0.25) is 0 Å². The van der Waals surface area contributed by atoms with E-state index in [0.29, 0.717) is 6.42 Å². The third-order valence-electron chi connectivity index (χ3n) is 3.20. The van der Waals surface area contributed by atoms with Crippen LogP contribution < -0.4 is 4.74 Å². The molecule has 0 radical (unpaired) electrons.